The third kappa shape index (κ3) is 5.53. The lowest BCUT2D eigenvalue weighted by Crippen LogP contribution is -2.44. The zero-order valence-corrected chi connectivity index (χ0v) is 18.0. The van der Waals surface area contributed by atoms with Crippen molar-refractivity contribution >= 4 is 5.91 Å². The molecule has 4 rings (SSSR count). The smallest absolute Gasteiger partial charge is 0.224 e. The van der Waals surface area contributed by atoms with Crippen molar-refractivity contribution in [2.24, 2.45) is 5.92 Å². The predicted octanol–water partition coefficient (Wildman–Crippen LogP) is 4.96. The minimum absolute atomic E-state index is 0.00529. The summed E-state index contributed by atoms with van der Waals surface area (Å²) >= 11 is 0. The van der Waals surface area contributed by atoms with Crippen molar-refractivity contribution in [2.75, 3.05) is 13.7 Å². The lowest BCUT2D eigenvalue weighted by molar-refractivity contribution is -0.127. The molecule has 0 bridgehead atoms. The number of benzene rings is 3. The van der Waals surface area contributed by atoms with Gasteiger partial charge < -0.3 is 10.1 Å². The lowest BCUT2D eigenvalue weighted by atomic mass is 9.88. The van der Waals surface area contributed by atoms with E-state index < -0.39 is 0 Å². The highest BCUT2D eigenvalue weighted by Gasteiger charge is 2.32. The predicted molar refractivity (Wildman–Crippen MR) is 124 cm³/mol. The Balaban J connectivity index is 1.48. The second-order valence-corrected chi connectivity index (χ2v) is 8.19. The van der Waals surface area contributed by atoms with E-state index in [2.05, 4.69) is 52.7 Å². The highest BCUT2D eigenvalue weighted by Crippen LogP contribution is 2.35. The summed E-state index contributed by atoms with van der Waals surface area (Å²) in [5.41, 5.74) is 3.64. The van der Waals surface area contributed by atoms with Gasteiger partial charge >= 0.3 is 0 Å². The summed E-state index contributed by atoms with van der Waals surface area (Å²) in [5, 5.41) is 3.14. The number of methoxy groups -OCH3 is 1. The van der Waals surface area contributed by atoms with Crippen LogP contribution in [-0.4, -0.2) is 24.5 Å². The fourth-order valence-corrected chi connectivity index (χ4v) is 4.42. The highest BCUT2D eigenvalue weighted by molar-refractivity contribution is 5.79. The molecule has 0 aromatic heterocycles. The second kappa shape index (κ2) is 10.3. The number of amides is 1. The maximum Gasteiger partial charge on any atom is 0.224 e. The van der Waals surface area contributed by atoms with Gasteiger partial charge in [0, 0.05) is 25.7 Å². The number of hydrogen-bond acceptors (Lipinski definition) is 3. The van der Waals surface area contributed by atoms with Crippen LogP contribution >= 0.6 is 0 Å². The molecular weight excluding hydrogens is 384 g/mol. The number of ether oxygens (including phenoxy) is 1. The summed E-state index contributed by atoms with van der Waals surface area (Å²) in [5.74, 6) is 1.00. The average molecular weight is 415 g/mol. The van der Waals surface area contributed by atoms with Gasteiger partial charge in [0.2, 0.25) is 5.91 Å². The first-order valence-electron chi connectivity index (χ1n) is 11.0. The number of nitrogens with one attached hydrogen (secondary N) is 1. The van der Waals surface area contributed by atoms with E-state index in [-0.39, 0.29) is 11.8 Å². The van der Waals surface area contributed by atoms with Gasteiger partial charge in [-0.05, 0) is 41.7 Å². The third-order valence-electron chi connectivity index (χ3n) is 6.07. The molecule has 1 saturated heterocycles. The van der Waals surface area contributed by atoms with Crippen LogP contribution in [0.25, 0.3) is 0 Å². The van der Waals surface area contributed by atoms with E-state index in [4.69, 9.17) is 4.74 Å². The maximum atomic E-state index is 13.0. The van der Waals surface area contributed by atoms with Crippen LogP contribution in [0.3, 0.4) is 0 Å². The van der Waals surface area contributed by atoms with Crippen LogP contribution in [0, 0.1) is 5.92 Å². The Morgan fingerprint density at radius 2 is 1.65 bits per heavy atom. The van der Waals surface area contributed by atoms with Crippen LogP contribution in [-0.2, 0) is 17.9 Å². The van der Waals surface area contributed by atoms with E-state index in [1.807, 2.05) is 42.5 Å². The van der Waals surface area contributed by atoms with Crippen LogP contribution in [0.4, 0.5) is 0 Å². The zero-order valence-electron chi connectivity index (χ0n) is 18.0. The van der Waals surface area contributed by atoms with Crippen molar-refractivity contribution in [2.45, 2.75) is 32.0 Å². The molecule has 1 fully saturated rings. The van der Waals surface area contributed by atoms with Gasteiger partial charge in [-0.15, -0.1) is 0 Å². The molecule has 4 nitrogen and oxygen atoms in total. The molecule has 1 N–H and O–H groups in total. The number of carbonyl (C=O) groups excluding carboxylic acids is 1. The van der Waals surface area contributed by atoms with Crippen molar-refractivity contribution in [3.8, 4) is 5.75 Å². The Kier molecular flexibility index (Phi) is 7.00. The molecule has 3 aromatic carbocycles. The Labute approximate surface area is 184 Å². The summed E-state index contributed by atoms with van der Waals surface area (Å²) in [6.45, 7) is 2.12. The van der Waals surface area contributed by atoms with Gasteiger partial charge in [0.25, 0.3) is 0 Å². The summed E-state index contributed by atoms with van der Waals surface area (Å²) in [4.78, 5) is 15.4. The fraction of sp³-hybridized carbons (Fsp3) is 0.296. The van der Waals surface area contributed by atoms with Gasteiger partial charge in [-0.1, -0.05) is 72.8 Å². The topological polar surface area (TPSA) is 41.6 Å². The number of rotatable bonds is 7. The van der Waals surface area contributed by atoms with E-state index in [0.717, 1.165) is 37.2 Å². The number of piperidine rings is 1. The highest BCUT2D eigenvalue weighted by atomic mass is 16.5. The van der Waals surface area contributed by atoms with Gasteiger partial charge in [-0.2, -0.15) is 0 Å². The molecule has 1 aliphatic rings. The largest absolute Gasteiger partial charge is 0.497 e. The molecule has 0 aliphatic carbocycles. The number of hydrogen-bond donors (Lipinski definition) is 1. The van der Waals surface area contributed by atoms with Gasteiger partial charge in [0.05, 0.1) is 13.0 Å². The molecule has 1 amide bonds. The molecule has 0 saturated carbocycles. The molecule has 3 aromatic rings. The van der Waals surface area contributed by atoms with Gasteiger partial charge in [0.15, 0.2) is 0 Å². The van der Waals surface area contributed by atoms with E-state index >= 15 is 0 Å². The third-order valence-corrected chi connectivity index (χ3v) is 6.07. The summed E-state index contributed by atoms with van der Waals surface area (Å²) in [6, 6.07) is 29.2. The molecule has 0 unspecified atom stereocenters. The molecule has 0 radical (unpaired) electrons. The van der Waals surface area contributed by atoms with Gasteiger partial charge in [-0.25, -0.2) is 0 Å². The number of carbonyl (C=O) groups is 1. The first-order valence-corrected chi connectivity index (χ1v) is 11.0. The molecule has 1 heterocycles. The first kappa shape index (κ1) is 21.1. The number of nitrogens with zero attached hydrogens (tertiary/aromatic N) is 1. The number of likely N-dealkylation sites (tertiary alicyclic amines) is 1. The van der Waals surface area contributed by atoms with Gasteiger partial charge in [-0.3, -0.25) is 9.69 Å². The Morgan fingerprint density at radius 3 is 2.39 bits per heavy atom. The quantitative estimate of drug-likeness (QED) is 0.594. The van der Waals surface area contributed by atoms with Crippen molar-refractivity contribution < 1.29 is 9.53 Å². The summed E-state index contributed by atoms with van der Waals surface area (Å²) in [6.07, 6.45) is 1.87. The average Bonchev–Trinajstić information content (AvgIpc) is 2.84. The molecule has 2 atom stereocenters. The minimum Gasteiger partial charge on any atom is -0.497 e. The van der Waals surface area contributed by atoms with Crippen molar-refractivity contribution in [1.82, 2.24) is 10.2 Å². The van der Waals surface area contributed by atoms with Crippen LogP contribution in [0.2, 0.25) is 0 Å². The maximum absolute atomic E-state index is 13.0. The summed E-state index contributed by atoms with van der Waals surface area (Å²) < 4.78 is 5.41. The van der Waals surface area contributed by atoms with Crippen molar-refractivity contribution in [1.29, 1.82) is 0 Å². The van der Waals surface area contributed by atoms with Crippen LogP contribution in [0.5, 0.6) is 5.75 Å². The zero-order chi connectivity index (χ0) is 21.5. The molecule has 4 heteroatoms. The van der Waals surface area contributed by atoms with Crippen LogP contribution in [0.15, 0.2) is 84.9 Å². The van der Waals surface area contributed by atoms with Crippen molar-refractivity contribution in [3.05, 3.63) is 102 Å². The van der Waals surface area contributed by atoms with E-state index in [1.54, 1.807) is 7.11 Å². The second-order valence-electron chi connectivity index (χ2n) is 8.19. The van der Waals surface area contributed by atoms with E-state index in [9.17, 15) is 4.79 Å². The SMILES string of the molecule is COc1cccc(CN2C[C@@H](C(=O)NCc3ccccc3)CC[C@@H]2c2ccccc2)c1. The standard InChI is InChI=1S/C27H30N2O2/c1-31-25-14-8-11-22(17-25)19-29-20-24(15-16-26(29)23-12-6-3-7-13-23)27(30)28-18-21-9-4-2-5-10-21/h2-14,17,24,26H,15-16,18-20H2,1H3,(H,28,30)/t24-,26+/m0/s1. The van der Waals surface area contributed by atoms with Crippen LogP contribution < -0.4 is 10.1 Å². The van der Waals surface area contributed by atoms with Crippen molar-refractivity contribution in [3.63, 3.8) is 0 Å². The lowest BCUT2D eigenvalue weighted by Gasteiger charge is -2.39. The molecule has 31 heavy (non-hydrogen) atoms. The van der Waals surface area contributed by atoms with Gasteiger partial charge in [0.1, 0.15) is 5.75 Å². The monoisotopic (exact) mass is 414 g/mol. The molecule has 1 aliphatic heterocycles. The molecular formula is C27H30N2O2. The minimum atomic E-state index is -0.00529. The Bertz CT molecular complexity index is 975. The molecule has 160 valence electrons. The fourth-order valence-electron chi connectivity index (χ4n) is 4.42. The normalized spacial score (nSPS) is 19.0. The van der Waals surface area contributed by atoms with E-state index in [0.29, 0.717) is 12.6 Å². The Hall–Kier alpha value is -3.11. The first-order chi connectivity index (χ1) is 15.2. The summed E-state index contributed by atoms with van der Waals surface area (Å²) in [7, 11) is 1.69. The molecule has 0 spiro atoms. The van der Waals surface area contributed by atoms with E-state index in [1.165, 1.54) is 11.1 Å². The van der Waals surface area contributed by atoms with Crippen LogP contribution in [0.1, 0.15) is 35.6 Å². The Morgan fingerprint density at radius 1 is 0.935 bits per heavy atom.